The van der Waals surface area contributed by atoms with E-state index in [-0.39, 0.29) is 19.1 Å². The zero-order valence-electron chi connectivity index (χ0n) is 13.6. The molecule has 0 radical (unpaired) electrons. The van der Waals surface area contributed by atoms with Crippen LogP contribution in [-0.4, -0.2) is 20.9 Å². The van der Waals surface area contributed by atoms with Gasteiger partial charge in [0.2, 0.25) is 5.91 Å². The maximum atomic E-state index is 13.2. The lowest BCUT2D eigenvalue weighted by Gasteiger charge is -2.25. The summed E-state index contributed by atoms with van der Waals surface area (Å²) in [6.45, 7) is 0.152. The summed E-state index contributed by atoms with van der Waals surface area (Å²) in [6, 6.07) is 7.61. The normalized spacial score (nSPS) is 17.0. The van der Waals surface area contributed by atoms with Crippen molar-refractivity contribution in [2.75, 3.05) is 6.61 Å². The van der Waals surface area contributed by atoms with Crippen LogP contribution in [-0.2, 0) is 21.0 Å². The van der Waals surface area contributed by atoms with Gasteiger partial charge in [-0.05, 0) is 30.7 Å². The number of halogens is 4. The third-order valence-corrected chi connectivity index (χ3v) is 5.45. The molecule has 0 aliphatic carbocycles. The fourth-order valence-electron chi connectivity index (χ4n) is 2.83. The summed E-state index contributed by atoms with van der Waals surface area (Å²) in [6.07, 6.45) is -4.95. The molecule has 3 rings (SSSR count). The number of hydrogen-bond acceptors (Lipinski definition) is 4. The maximum Gasteiger partial charge on any atom is 0.417 e. The topological polar surface area (TPSA) is 72.5 Å². The van der Waals surface area contributed by atoms with Gasteiger partial charge in [0, 0.05) is 5.56 Å². The number of carbonyl (C=O) groups is 1. The largest absolute Gasteiger partial charge is 0.493 e. The first-order valence-electron chi connectivity index (χ1n) is 7.75. The molecular weight excluding hydrogens is 390 g/mol. The number of benzene rings is 2. The fraction of sp³-hybridized carbons (Fsp3) is 0.235. The number of fused-ring (bicyclic) bond motifs is 1. The van der Waals surface area contributed by atoms with E-state index >= 15 is 0 Å². The summed E-state index contributed by atoms with van der Waals surface area (Å²) < 4.78 is 84.3. The number of amides is 1. The van der Waals surface area contributed by atoms with Crippen LogP contribution < -0.4 is 9.46 Å². The molecule has 5 nitrogen and oxygen atoms in total. The van der Waals surface area contributed by atoms with E-state index in [9.17, 15) is 30.8 Å². The molecular formula is C17H13F4NO4S. The molecule has 0 saturated carbocycles. The summed E-state index contributed by atoms with van der Waals surface area (Å²) in [5.41, 5.74) is -1.25. The van der Waals surface area contributed by atoms with Gasteiger partial charge < -0.3 is 4.74 Å². The first-order chi connectivity index (χ1) is 12.6. The van der Waals surface area contributed by atoms with Crippen molar-refractivity contribution in [1.82, 2.24) is 4.72 Å². The molecule has 0 spiro atoms. The Bertz CT molecular complexity index is 989. The van der Waals surface area contributed by atoms with Crippen molar-refractivity contribution >= 4 is 15.9 Å². The predicted octanol–water partition coefficient (Wildman–Crippen LogP) is 3.22. The lowest BCUT2D eigenvalue weighted by atomic mass is 9.93. The van der Waals surface area contributed by atoms with Gasteiger partial charge in [-0.1, -0.05) is 18.2 Å². The van der Waals surface area contributed by atoms with E-state index in [1.165, 1.54) is 0 Å². The standard InChI is InChI=1S/C17H13F4NO4S/c18-10-5-6-15(13(9-10)17(19,20)21)27(24,25)22-16(23)12-7-8-26-14-4-2-1-3-11(12)14/h1-6,9,12H,7-8H2,(H,22,23). The maximum absolute atomic E-state index is 13.2. The van der Waals surface area contributed by atoms with Crippen LogP contribution in [0, 0.1) is 5.82 Å². The van der Waals surface area contributed by atoms with E-state index in [4.69, 9.17) is 4.74 Å². The van der Waals surface area contributed by atoms with Crippen LogP contribution in [0.3, 0.4) is 0 Å². The average Bonchev–Trinajstić information content (AvgIpc) is 2.59. The van der Waals surface area contributed by atoms with E-state index in [2.05, 4.69) is 0 Å². The molecule has 1 N–H and O–H groups in total. The van der Waals surface area contributed by atoms with Gasteiger partial charge in [0.15, 0.2) is 0 Å². The third-order valence-electron chi connectivity index (χ3n) is 4.05. The zero-order valence-corrected chi connectivity index (χ0v) is 14.4. The number of alkyl halides is 3. The molecule has 0 aromatic heterocycles. The van der Waals surface area contributed by atoms with Crippen LogP contribution >= 0.6 is 0 Å². The smallest absolute Gasteiger partial charge is 0.417 e. The monoisotopic (exact) mass is 403 g/mol. The fourth-order valence-corrected chi connectivity index (χ4v) is 4.06. The highest BCUT2D eigenvalue weighted by Crippen LogP contribution is 2.36. The Morgan fingerprint density at radius 1 is 1.15 bits per heavy atom. The molecule has 1 atom stereocenters. The Morgan fingerprint density at radius 3 is 2.56 bits per heavy atom. The van der Waals surface area contributed by atoms with E-state index in [0.29, 0.717) is 23.4 Å². The summed E-state index contributed by atoms with van der Waals surface area (Å²) in [4.78, 5) is 11.3. The lowest BCUT2D eigenvalue weighted by Crippen LogP contribution is -2.37. The van der Waals surface area contributed by atoms with Gasteiger partial charge in [-0.3, -0.25) is 4.79 Å². The summed E-state index contributed by atoms with van der Waals surface area (Å²) in [5.74, 6) is -2.73. The summed E-state index contributed by atoms with van der Waals surface area (Å²) in [5, 5.41) is 0. The number of ether oxygens (including phenoxy) is 1. The van der Waals surface area contributed by atoms with Crippen LogP contribution in [0.25, 0.3) is 0 Å². The molecule has 27 heavy (non-hydrogen) atoms. The first-order valence-corrected chi connectivity index (χ1v) is 9.23. The van der Waals surface area contributed by atoms with Crippen LogP contribution in [0.2, 0.25) is 0 Å². The molecule has 1 aliphatic heterocycles. The average molecular weight is 403 g/mol. The first kappa shape index (κ1) is 19.2. The van der Waals surface area contributed by atoms with Crippen molar-refractivity contribution in [3.8, 4) is 5.75 Å². The summed E-state index contributed by atoms with van der Waals surface area (Å²) >= 11 is 0. The number of sulfonamides is 1. The van der Waals surface area contributed by atoms with Gasteiger partial charge in [0.1, 0.15) is 11.6 Å². The quantitative estimate of drug-likeness (QED) is 0.799. The van der Waals surface area contributed by atoms with Crippen LogP contribution in [0.15, 0.2) is 47.4 Å². The molecule has 1 unspecified atom stereocenters. The van der Waals surface area contributed by atoms with Crippen molar-refractivity contribution in [2.24, 2.45) is 0 Å². The molecule has 1 heterocycles. The van der Waals surface area contributed by atoms with Crippen LogP contribution in [0.5, 0.6) is 5.75 Å². The Morgan fingerprint density at radius 2 is 1.85 bits per heavy atom. The van der Waals surface area contributed by atoms with Crippen molar-refractivity contribution in [1.29, 1.82) is 0 Å². The Kier molecular flexibility index (Phi) is 4.85. The second-order valence-corrected chi connectivity index (χ2v) is 7.49. The Labute approximate surface area is 152 Å². The van der Waals surface area contributed by atoms with Crippen molar-refractivity contribution < 1.29 is 35.5 Å². The Balaban J connectivity index is 1.94. The van der Waals surface area contributed by atoms with Crippen LogP contribution in [0.1, 0.15) is 23.5 Å². The minimum absolute atomic E-state index is 0.0722. The highest BCUT2D eigenvalue weighted by atomic mass is 32.2. The lowest BCUT2D eigenvalue weighted by molar-refractivity contribution is -0.140. The molecule has 0 bridgehead atoms. The molecule has 0 saturated heterocycles. The van der Waals surface area contributed by atoms with Crippen molar-refractivity contribution in [2.45, 2.75) is 23.4 Å². The number of hydrogen-bond donors (Lipinski definition) is 1. The zero-order chi connectivity index (χ0) is 19.8. The molecule has 1 aliphatic rings. The minimum Gasteiger partial charge on any atom is -0.493 e. The predicted molar refractivity (Wildman–Crippen MR) is 86.0 cm³/mol. The Hall–Kier alpha value is -2.62. The van der Waals surface area contributed by atoms with E-state index in [0.717, 1.165) is 0 Å². The number of rotatable bonds is 3. The number of nitrogens with one attached hydrogen (secondary N) is 1. The molecule has 144 valence electrons. The van der Waals surface area contributed by atoms with Crippen molar-refractivity contribution in [3.05, 3.63) is 59.4 Å². The molecule has 0 fully saturated rings. The second kappa shape index (κ2) is 6.84. The highest BCUT2D eigenvalue weighted by Gasteiger charge is 2.39. The van der Waals surface area contributed by atoms with E-state index < -0.39 is 44.3 Å². The van der Waals surface area contributed by atoms with Gasteiger partial charge in [-0.2, -0.15) is 13.2 Å². The van der Waals surface area contributed by atoms with Gasteiger partial charge in [0.05, 0.1) is 23.0 Å². The second-order valence-electron chi connectivity index (χ2n) is 5.84. The van der Waals surface area contributed by atoms with Gasteiger partial charge >= 0.3 is 6.18 Å². The van der Waals surface area contributed by atoms with E-state index in [1.807, 2.05) is 0 Å². The number of para-hydroxylation sites is 1. The number of carbonyl (C=O) groups excluding carboxylic acids is 1. The van der Waals surface area contributed by atoms with Gasteiger partial charge in [0.25, 0.3) is 10.0 Å². The summed E-state index contributed by atoms with van der Waals surface area (Å²) in [7, 11) is -4.87. The van der Waals surface area contributed by atoms with Crippen LogP contribution in [0.4, 0.5) is 17.6 Å². The van der Waals surface area contributed by atoms with E-state index in [1.54, 1.807) is 29.0 Å². The van der Waals surface area contributed by atoms with Gasteiger partial charge in [-0.25, -0.2) is 17.5 Å². The van der Waals surface area contributed by atoms with Crippen molar-refractivity contribution in [3.63, 3.8) is 0 Å². The van der Waals surface area contributed by atoms with Gasteiger partial charge in [-0.15, -0.1) is 0 Å². The molecule has 1 amide bonds. The SMILES string of the molecule is O=C(NS(=O)(=O)c1ccc(F)cc1C(F)(F)F)C1CCOc2ccccc21. The molecule has 2 aromatic carbocycles. The molecule has 10 heteroatoms. The molecule has 2 aromatic rings. The third kappa shape index (κ3) is 3.90. The highest BCUT2D eigenvalue weighted by molar-refractivity contribution is 7.90. The minimum atomic E-state index is -5.11.